The molecular weight excluding hydrogens is 268 g/mol. The van der Waals surface area contributed by atoms with E-state index in [-0.39, 0.29) is 5.56 Å². The first kappa shape index (κ1) is 16.1. The van der Waals surface area contributed by atoms with Gasteiger partial charge in [0.1, 0.15) is 23.5 Å². The quantitative estimate of drug-likeness (QED) is 0.868. The number of rotatable bonds is 3. The number of nitrogens with zero attached hydrogens (tertiary/aromatic N) is 1. The molecule has 0 aliphatic heterocycles. The first-order valence-corrected chi connectivity index (χ1v) is 5.98. The minimum Gasteiger partial charge on any atom is -0.465 e. The summed E-state index contributed by atoms with van der Waals surface area (Å²) in [5, 5.41) is 9.36. The van der Waals surface area contributed by atoms with Gasteiger partial charge in [0.05, 0.1) is 0 Å². The molecule has 1 unspecified atom stereocenters. The van der Waals surface area contributed by atoms with Gasteiger partial charge in [-0.3, -0.25) is 4.90 Å². The van der Waals surface area contributed by atoms with Crippen LogP contribution in [0.2, 0.25) is 0 Å². The van der Waals surface area contributed by atoms with Crippen LogP contribution in [0.4, 0.5) is 13.6 Å². The number of benzene rings is 1. The number of aldehydes is 1. The summed E-state index contributed by atoms with van der Waals surface area (Å²) in [4.78, 5) is 23.8. The molecule has 0 saturated carbocycles. The van der Waals surface area contributed by atoms with Crippen molar-refractivity contribution in [3.8, 4) is 0 Å². The lowest BCUT2D eigenvalue weighted by atomic mass is 9.87. The average Bonchev–Trinajstić information content (AvgIpc) is 2.24. The van der Waals surface area contributed by atoms with E-state index in [0.717, 1.165) is 17.0 Å². The van der Waals surface area contributed by atoms with Crippen LogP contribution in [-0.2, 0) is 10.3 Å². The first-order chi connectivity index (χ1) is 9.02. The maximum Gasteiger partial charge on any atom is 0.408 e. The second kappa shape index (κ2) is 5.19. The number of hydrogen-bond acceptors (Lipinski definition) is 2. The van der Waals surface area contributed by atoms with E-state index in [2.05, 4.69) is 0 Å². The van der Waals surface area contributed by atoms with Gasteiger partial charge < -0.3 is 9.90 Å². The molecule has 1 N–H and O–H groups in total. The Morgan fingerprint density at radius 2 is 1.60 bits per heavy atom. The Kier molecular flexibility index (Phi) is 4.17. The monoisotopic (exact) mass is 285 g/mol. The smallest absolute Gasteiger partial charge is 0.408 e. The molecule has 1 atom stereocenters. The Hall–Kier alpha value is -1.98. The molecule has 0 aromatic heterocycles. The van der Waals surface area contributed by atoms with E-state index in [0.29, 0.717) is 12.4 Å². The molecular formula is C14H17F2NO3. The average molecular weight is 285 g/mol. The Morgan fingerprint density at radius 3 is 1.90 bits per heavy atom. The highest BCUT2D eigenvalue weighted by Crippen LogP contribution is 2.33. The summed E-state index contributed by atoms with van der Waals surface area (Å²) < 4.78 is 26.7. The van der Waals surface area contributed by atoms with Crippen molar-refractivity contribution in [1.82, 2.24) is 4.90 Å². The van der Waals surface area contributed by atoms with Gasteiger partial charge in [-0.25, -0.2) is 13.6 Å². The van der Waals surface area contributed by atoms with Crippen molar-refractivity contribution in [2.45, 2.75) is 38.8 Å². The molecule has 1 aromatic carbocycles. The summed E-state index contributed by atoms with van der Waals surface area (Å²) in [6, 6.07) is 2.58. The molecule has 0 radical (unpaired) electrons. The van der Waals surface area contributed by atoms with Crippen LogP contribution in [0, 0.1) is 11.6 Å². The fourth-order valence-corrected chi connectivity index (χ4v) is 2.28. The highest BCUT2D eigenvalue weighted by Gasteiger charge is 2.43. The van der Waals surface area contributed by atoms with Crippen LogP contribution in [0.3, 0.4) is 0 Å². The second-order valence-electron chi connectivity index (χ2n) is 5.71. The third-order valence-corrected chi connectivity index (χ3v) is 3.00. The van der Waals surface area contributed by atoms with Crippen molar-refractivity contribution < 1.29 is 23.5 Å². The van der Waals surface area contributed by atoms with Crippen molar-refractivity contribution in [2.24, 2.45) is 0 Å². The zero-order valence-electron chi connectivity index (χ0n) is 11.8. The molecule has 1 aromatic rings. The van der Waals surface area contributed by atoms with E-state index >= 15 is 0 Å². The topological polar surface area (TPSA) is 57.6 Å². The molecule has 1 amide bonds. The lowest BCUT2D eigenvalue weighted by Gasteiger charge is -2.44. The minimum atomic E-state index is -1.69. The van der Waals surface area contributed by atoms with Crippen LogP contribution < -0.4 is 0 Å². The Morgan fingerprint density at radius 1 is 1.15 bits per heavy atom. The molecule has 1 rings (SSSR count). The fourth-order valence-electron chi connectivity index (χ4n) is 2.28. The van der Waals surface area contributed by atoms with Gasteiger partial charge in [-0.2, -0.15) is 0 Å². The van der Waals surface area contributed by atoms with E-state index < -0.39 is 28.8 Å². The molecule has 6 heteroatoms. The van der Waals surface area contributed by atoms with E-state index in [9.17, 15) is 23.5 Å². The van der Waals surface area contributed by atoms with Gasteiger partial charge >= 0.3 is 6.09 Å². The largest absolute Gasteiger partial charge is 0.465 e. The predicted octanol–water partition coefficient (Wildman–Crippen LogP) is 3.16. The summed E-state index contributed by atoms with van der Waals surface area (Å²) in [7, 11) is 0. The van der Waals surface area contributed by atoms with Crippen molar-refractivity contribution in [2.75, 3.05) is 0 Å². The lowest BCUT2D eigenvalue weighted by Crippen LogP contribution is -2.57. The maximum atomic E-state index is 13.3. The molecule has 0 spiro atoms. The highest BCUT2D eigenvalue weighted by molar-refractivity contribution is 5.77. The number of hydrogen-bond donors (Lipinski definition) is 1. The fraction of sp³-hybridized carbons (Fsp3) is 0.429. The van der Waals surface area contributed by atoms with Crippen LogP contribution in [0.15, 0.2) is 18.2 Å². The van der Waals surface area contributed by atoms with Gasteiger partial charge in [0.2, 0.25) is 0 Å². The number of amides is 1. The molecule has 20 heavy (non-hydrogen) atoms. The molecule has 0 saturated heterocycles. The van der Waals surface area contributed by atoms with E-state index in [4.69, 9.17) is 0 Å². The SMILES string of the molecule is CC(C)(C)N(C(=O)O)C(C)(C=O)c1cc(F)cc(F)c1. The van der Waals surface area contributed by atoms with Crippen LogP contribution >= 0.6 is 0 Å². The molecule has 0 bridgehead atoms. The predicted molar refractivity (Wildman–Crippen MR) is 69.4 cm³/mol. The zero-order valence-corrected chi connectivity index (χ0v) is 11.8. The van der Waals surface area contributed by atoms with E-state index in [1.807, 2.05) is 0 Å². The molecule has 0 heterocycles. The minimum absolute atomic E-state index is 0.0534. The Bertz CT molecular complexity index is 519. The summed E-state index contributed by atoms with van der Waals surface area (Å²) in [5.74, 6) is -1.74. The molecule has 0 aliphatic carbocycles. The summed E-state index contributed by atoms with van der Waals surface area (Å²) in [6.07, 6.45) is -0.975. The van der Waals surface area contributed by atoms with Gasteiger partial charge in [0.15, 0.2) is 0 Å². The number of carbonyl (C=O) groups excluding carboxylic acids is 1. The summed E-state index contributed by atoms with van der Waals surface area (Å²) in [6.45, 7) is 6.10. The number of halogens is 2. The molecule has 110 valence electrons. The standard InChI is InChI=1S/C14H17F2NO3/c1-13(2,3)17(12(19)20)14(4,8-18)9-5-10(15)7-11(16)6-9/h5-8H,1-4H3,(H,19,20). The van der Waals surface area contributed by atoms with E-state index in [1.165, 1.54) is 6.92 Å². The van der Waals surface area contributed by atoms with Crippen molar-refractivity contribution >= 4 is 12.4 Å². The van der Waals surface area contributed by atoms with Gasteiger partial charge in [0, 0.05) is 11.6 Å². The molecule has 4 nitrogen and oxygen atoms in total. The summed E-state index contributed by atoms with van der Waals surface area (Å²) >= 11 is 0. The molecule has 0 aliphatic rings. The number of carbonyl (C=O) groups is 2. The van der Waals surface area contributed by atoms with Crippen LogP contribution in [0.25, 0.3) is 0 Å². The lowest BCUT2D eigenvalue weighted by molar-refractivity contribution is -0.120. The van der Waals surface area contributed by atoms with Crippen molar-refractivity contribution in [3.63, 3.8) is 0 Å². The first-order valence-electron chi connectivity index (χ1n) is 5.98. The van der Waals surface area contributed by atoms with Crippen LogP contribution in [0.1, 0.15) is 33.3 Å². The second-order valence-corrected chi connectivity index (χ2v) is 5.71. The highest BCUT2D eigenvalue weighted by atomic mass is 19.1. The van der Waals surface area contributed by atoms with Crippen LogP contribution in [0.5, 0.6) is 0 Å². The van der Waals surface area contributed by atoms with Crippen LogP contribution in [-0.4, -0.2) is 27.9 Å². The third-order valence-electron chi connectivity index (χ3n) is 3.00. The van der Waals surface area contributed by atoms with Gasteiger partial charge in [-0.1, -0.05) is 0 Å². The van der Waals surface area contributed by atoms with Crippen molar-refractivity contribution in [1.29, 1.82) is 0 Å². The third kappa shape index (κ3) is 2.95. The van der Waals surface area contributed by atoms with Crippen molar-refractivity contribution in [3.05, 3.63) is 35.4 Å². The Labute approximate surface area is 116 Å². The molecule has 0 fully saturated rings. The normalized spacial score (nSPS) is 14.5. The van der Waals surface area contributed by atoms with Gasteiger partial charge in [-0.05, 0) is 45.4 Å². The number of carboxylic acid groups (broad SMARTS) is 1. The Balaban J connectivity index is 3.53. The summed E-state index contributed by atoms with van der Waals surface area (Å²) in [5.41, 5.74) is -2.67. The maximum absolute atomic E-state index is 13.3. The van der Waals surface area contributed by atoms with Gasteiger partial charge in [0.25, 0.3) is 0 Å². The van der Waals surface area contributed by atoms with E-state index in [1.54, 1.807) is 20.8 Å². The van der Waals surface area contributed by atoms with Gasteiger partial charge in [-0.15, -0.1) is 0 Å². The zero-order chi connectivity index (χ0) is 15.7.